The minimum absolute atomic E-state index is 0.0683. The summed E-state index contributed by atoms with van der Waals surface area (Å²) >= 11 is 0. The lowest BCUT2D eigenvalue weighted by Crippen LogP contribution is -2.47. The van der Waals surface area contributed by atoms with Gasteiger partial charge in [-0.15, -0.1) is 0 Å². The highest BCUT2D eigenvalue weighted by Gasteiger charge is 2.31. The summed E-state index contributed by atoms with van der Waals surface area (Å²) < 4.78 is 5.13. The molecule has 1 N–H and O–H groups in total. The van der Waals surface area contributed by atoms with E-state index in [-0.39, 0.29) is 11.6 Å². The molecule has 0 aromatic heterocycles. The number of benzene rings is 1. The molecule has 130 valence electrons. The van der Waals surface area contributed by atoms with Crippen LogP contribution in [0, 0.1) is 10.1 Å². The number of ether oxygens (including phenoxy) is 1. The Morgan fingerprint density at radius 2 is 2.04 bits per heavy atom. The number of nitrogens with zero attached hydrogens (tertiary/aromatic N) is 2. The zero-order valence-corrected chi connectivity index (χ0v) is 14.2. The van der Waals surface area contributed by atoms with E-state index < -0.39 is 22.7 Å². The number of rotatable bonds is 3. The van der Waals surface area contributed by atoms with Crippen molar-refractivity contribution in [2.75, 3.05) is 11.4 Å². The van der Waals surface area contributed by atoms with Crippen molar-refractivity contribution in [3.05, 3.63) is 33.9 Å². The first-order valence-corrected chi connectivity index (χ1v) is 7.66. The summed E-state index contributed by atoms with van der Waals surface area (Å²) in [5, 5.41) is 13.4. The fourth-order valence-corrected chi connectivity index (χ4v) is 2.49. The summed E-state index contributed by atoms with van der Waals surface area (Å²) in [7, 11) is 0. The molecule has 1 aromatic carbocycles. The Hall–Kier alpha value is -2.64. The van der Waals surface area contributed by atoms with Crippen molar-refractivity contribution >= 4 is 23.4 Å². The zero-order chi connectivity index (χ0) is 18.1. The number of hydrogen-bond donors (Lipinski definition) is 1. The number of alkyl carbamates (subject to hydrolysis) is 1. The Morgan fingerprint density at radius 1 is 1.38 bits per heavy atom. The van der Waals surface area contributed by atoms with Crippen molar-refractivity contribution in [1.29, 1.82) is 0 Å². The molecule has 1 atom stereocenters. The fourth-order valence-electron chi connectivity index (χ4n) is 2.49. The Morgan fingerprint density at radius 3 is 2.62 bits per heavy atom. The minimum Gasteiger partial charge on any atom is -0.444 e. The van der Waals surface area contributed by atoms with E-state index in [1.807, 2.05) is 0 Å². The van der Waals surface area contributed by atoms with Gasteiger partial charge in [-0.1, -0.05) is 6.07 Å². The van der Waals surface area contributed by atoms with Gasteiger partial charge in [0.05, 0.1) is 10.6 Å². The van der Waals surface area contributed by atoms with Gasteiger partial charge in [0.1, 0.15) is 11.6 Å². The van der Waals surface area contributed by atoms with Crippen LogP contribution >= 0.6 is 0 Å². The van der Waals surface area contributed by atoms with Crippen LogP contribution in [0.3, 0.4) is 0 Å². The van der Waals surface area contributed by atoms with Crippen LogP contribution in [0.2, 0.25) is 0 Å². The van der Waals surface area contributed by atoms with E-state index in [1.165, 1.54) is 17.0 Å². The van der Waals surface area contributed by atoms with E-state index in [4.69, 9.17) is 4.74 Å². The summed E-state index contributed by atoms with van der Waals surface area (Å²) in [6.07, 6.45) is -0.0556. The highest BCUT2D eigenvalue weighted by molar-refractivity contribution is 6.00. The first-order valence-electron chi connectivity index (χ1n) is 7.66. The van der Waals surface area contributed by atoms with Crippen LogP contribution in [0.5, 0.6) is 0 Å². The number of fused-ring (bicyclic) bond motifs is 1. The Kier molecular flexibility index (Phi) is 4.77. The van der Waals surface area contributed by atoms with Gasteiger partial charge in [0.25, 0.3) is 5.69 Å². The van der Waals surface area contributed by atoms with Crippen molar-refractivity contribution in [3.8, 4) is 0 Å². The molecule has 2 rings (SSSR count). The molecule has 0 aliphatic carbocycles. The molecule has 0 spiro atoms. The van der Waals surface area contributed by atoms with Gasteiger partial charge in [0.15, 0.2) is 0 Å². The SMILES string of the molecule is C[C@H](NC(=O)OC(C)(C)C)C(=O)N1CCc2ccc([N+](=O)[O-])cc21. The Labute approximate surface area is 139 Å². The van der Waals surface area contributed by atoms with E-state index in [2.05, 4.69) is 5.32 Å². The average Bonchev–Trinajstić information content (AvgIpc) is 2.86. The smallest absolute Gasteiger partial charge is 0.408 e. The second-order valence-corrected chi connectivity index (χ2v) is 6.68. The van der Waals surface area contributed by atoms with Crippen LogP contribution in [0.4, 0.5) is 16.2 Å². The van der Waals surface area contributed by atoms with Crippen molar-refractivity contribution < 1.29 is 19.2 Å². The van der Waals surface area contributed by atoms with E-state index >= 15 is 0 Å². The second kappa shape index (κ2) is 6.46. The normalized spacial score (nSPS) is 14.8. The molecule has 1 aromatic rings. The van der Waals surface area contributed by atoms with Gasteiger partial charge in [-0.05, 0) is 39.7 Å². The van der Waals surface area contributed by atoms with Gasteiger partial charge in [-0.3, -0.25) is 14.9 Å². The molecule has 0 radical (unpaired) electrons. The molecule has 8 heteroatoms. The third-order valence-corrected chi connectivity index (χ3v) is 3.54. The van der Waals surface area contributed by atoms with E-state index in [0.717, 1.165) is 5.56 Å². The van der Waals surface area contributed by atoms with Gasteiger partial charge in [-0.2, -0.15) is 0 Å². The molecule has 0 bridgehead atoms. The monoisotopic (exact) mass is 335 g/mol. The van der Waals surface area contributed by atoms with Crippen LogP contribution < -0.4 is 10.2 Å². The van der Waals surface area contributed by atoms with Gasteiger partial charge >= 0.3 is 6.09 Å². The molecule has 8 nitrogen and oxygen atoms in total. The molecule has 0 saturated carbocycles. The number of nitro benzene ring substituents is 1. The number of anilines is 1. The Balaban J connectivity index is 2.11. The van der Waals surface area contributed by atoms with Crippen LogP contribution in [-0.2, 0) is 16.0 Å². The van der Waals surface area contributed by atoms with Gasteiger partial charge in [-0.25, -0.2) is 4.79 Å². The van der Waals surface area contributed by atoms with E-state index in [0.29, 0.717) is 18.7 Å². The van der Waals surface area contributed by atoms with Gasteiger partial charge in [0, 0.05) is 18.7 Å². The summed E-state index contributed by atoms with van der Waals surface area (Å²) in [6, 6.07) is 3.67. The summed E-state index contributed by atoms with van der Waals surface area (Å²) in [5.41, 5.74) is 0.667. The molecular weight excluding hydrogens is 314 g/mol. The third-order valence-electron chi connectivity index (χ3n) is 3.54. The number of carbonyl (C=O) groups excluding carboxylic acids is 2. The predicted octanol–water partition coefficient (Wildman–Crippen LogP) is 2.40. The fraction of sp³-hybridized carbons (Fsp3) is 0.500. The lowest BCUT2D eigenvalue weighted by molar-refractivity contribution is -0.384. The maximum Gasteiger partial charge on any atom is 0.408 e. The number of carbonyl (C=O) groups is 2. The topological polar surface area (TPSA) is 102 Å². The van der Waals surface area contributed by atoms with Crippen molar-refractivity contribution in [2.45, 2.75) is 45.8 Å². The van der Waals surface area contributed by atoms with Crippen molar-refractivity contribution in [2.24, 2.45) is 0 Å². The van der Waals surface area contributed by atoms with Gasteiger partial charge in [0.2, 0.25) is 5.91 Å². The highest BCUT2D eigenvalue weighted by Crippen LogP contribution is 2.32. The summed E-state index contributed by atoms with van der Waals surface area (Å²) in [4.78, 5) is 36.2. The quantitative estimate of drug-likeness (QED) is 0.675. The maximum absolute atomic E-state index is 12.6. The summed E-state index contributed by atoms with van der Waals surface area (Å²) in [6.45, 7) is 7.18. The van der Waals surface area contributed by atoms with E-state index in [9.17, 15) is 19.7 Å². The third kappa shape index (κ3) is 4.01. The second-order valence-electron chi connectivity index (χ2n) is 6.68. The van der Waals surface area contributed by atoms with Crippen LogP contribution in [0.25, 0.3) is 0 Å². The number of nitrogens with one attached hydrogen (secondary N) is 1. The highest BCUT2D eigenvalue weighted by atomic mass is 16.6. The molecule has 1 heterocycles. The maximum atomic E-state index is 12.6. The minimum atomic E-state index is -0.801. The molecule has 2 amide bonds. The molecule has 1 aliphatic rings. The van der Waals surface area contributed by atoms with Crippen LogP contribution in [0.1, 0.15) is 33.3 Å². The van der Waals surface area contributed by atoms with Crippen molar-refractivity contribution in [1.82, 2.24) is 5.32 Å². The molecule has 24 heavy (non-hydrogen) atoms. The average molecular weight is 335 g/mol. The largest absolute Gasteiger partial charge is 0.444 e. The van der Waals surface area contributed by atoms with Crippen LogP contribution in [-0.4, -0.2) is 35.1 Å². The van der Waals surface area contributed by atoms with Gasteiger partial charge < -0.3 is 15.0 Å². The molecular formula is C16H21N3O5. The number of non-ortho nitro benzene ring substituents is 1. The molecule has 0 fully saturated rings. The first kappa shape index (κ1) is 17.7. The van der Waals surface area contributed by atoms with Crippen molar-refractivity contribution in [3.63, 3.8) is 0 Å². The Bertz CT molecular complexity index is 681. The first-order chi connectivity index (χ1) is 11.1. The lowest BCUT2D eigenvalue weighted by atomic mass is 10.1. The van der Waals surface area contributed by atoms with E-state index in [1.54, 1.807) is 33.8 Å². The summed E-state index contributed by atoms with van der Waals surface area (Å²) in [5.74, 6) is -0.333. The zero-order valence-electron chi connectivity index (χ0n) is 14.2. The lowest BCUT2D eigenvalue weighted by Gasteiger charge is -2.24. The number of amides is 2. The number of hydrogen-bond acceptors (Lipinski definition) is 5. The molecule has 1 aliphatic heterocycles. The molecule has 0 saturated heterocycles. The number of nitro groups is 1. The molecule has 0 unspecified atom stereocenters. The predicted molar refractivity (Wildman–Crippen MR) is 88.0 cm³/mol. The van der Waals surface area contributed by atoms with Crippen LogP contribution in [0.15, 0.2) is 18.2 Å². The standard InChI is InChI=1S/C16H21N3O5/c1-10(17-15(21)24-16(2,3)4)14(20)18-8-7-11-5-6-12(19(22)23)9-13(11)18/h5-6,9-10H,7-8H2,1-4H3,(H,17,21)/t10-/m0/s1.